The minimum absolute atomic E-state index is 0.0115. The van der Waals surface area contributed by atoms with Crippen molar-refractivity contribution in [3.05, 3.63) is 34.4 Å². The monoisotopic (exact) mass is 380 g/mol. The lowest BCUT2D eigenvalue weighted by Crippen LogP contribution is -2.47. The number of nitro groups is 1. The predicted molar refractivity (Wildman–Crippen MR) is 108 cm³/mol. The number of nitrogens with zero attached hydrogens (tertiary/aromatic N) is 2. The number of anilines is 1. The molecule has 0 saturated heterocycles. The Hall–Kier alpha value is -1.89. The highest BCUT2D eigenvalue weighted by atomic mass is 28.4. The third-order valence-electron chi connectivity index (χ3n) is 4.98. The summed E-state index contributed by atoms with van der Waals surface area (Å²) in [6.07, 6.45) is 3.78. The van der Waals surface area contributed by atoms with E-state index >= 15 is 0 Å². The first-order valence-corrected chi connectivity index (χ1v) is 12.2. The van der Waals surface area contributed by atoms with Gasteiger partial charge in [-0.25, -0.2) is 4.79 Å². The second-order valence-electron chi connectivity index (χ2n) is 8.11. The fraction of sp³-hybridized carbons (Fsp3) is 0.632. The summed E-state index contributed by atoms with van der Waals surface area (Å²) >= 11 is 0. The summed E-state index contributed by atoms with van der Waals surface area (Å²) < 4.78 is 5.95. The summed E-state index contributed by atoms with van der Waals surface area (Å²) in [7, 11) is -2.25. The third-order valence-corrected chi connectivity index (χ3v) is 9.27. The Morgan fingerprint density at radius 2 is 1.73 bits per heavy atom. The van der Waals surface area contributed by atoms with Gasteiger partial charge in [-0.2, -0.15) is 0 Å². The van der Waals surface area contributed by atoms with E-state index < -0.39 is 13.2 Å². The zero-order valence-corrected chi connectivity index (χ0v) is 17.9. The van der Waals surface area contributed by atoms with E-state index in [2.05, 4.69) is 27.7 Å². The number of rotatable bonds is 8. The highest BCUT2D eigenvalue weighted by Crippen LogP contribution is 2.37. The standard InChI is InChI=1S/C19H32N2O4Si/c1-7-8-9-10-15-20(16-11-13-17(14-12-16)21(23)24)18(22)25-26(5,6)19(2,3)4/h11-14H,7-10,15H2,1-6H3. The van der Waals surface area contributed by atoms with Crippen molar-refractivity contribution >= 4 is 25.8 Å². The van der Waals surface area contributed by atoms with E-state index in [0.29, 0.717) is 12.2 Å². The molecule has 1 aromatic rings. The number of hydrogen-bond donors (Lipinski definition) is 0. The Balaban J connectivity index is 3.00. The van der Waals surface area contributed by atoms with Gasteiger partial charge in [0.05, 0.1) is 4.92 Å². The predicted octanol–water partition coefficient (Wildman–Crippen LogP) is 6.12. The average Bonchev–Trinajstić information content (AvgIpc) is 2.53. The number of unbranched alkanes of at least 4 members (excludes halogenated alkanes) is 3. The van der Waals surface area contributed by atoms with E-state index in [1.165, 1.54) is 12.1 Å². The minimum atomic E-state index is -2.25. The van der Waals surface area contributed by atoms with Crippen LogP contribution in [-0.2, 0) is 4.43 Å². The van der Waals surface area contributed by atoms with Crippen molar-refractivity contribution in [2.75, 3.05) is 11.4 Å². The number of hydrogen-bond acceptors (Lipinski definition) is 4. The normalized spacial score (nSPS) is 11.9. The fourth-order valence-corrected chi connectivity index (χ4v) is 3.06. The maximum atomic E-state index is 12.9. The van der Waals surface area contributed by atoms with Crippen molar-refractivity contribution in [3.63, 3.8) is 0 Å². The van der Waals surface area contributed by atoms with Crippen LogP contribution in [0.15, 0.2) is 24.3 Å². The van der Waals surface area contributed by atoms with Crippen LogP contribution in [0.25, 0.3) is 0 Å². The lowest BCUT2D eigenvalue weighted by atomic mass is 10.2. The molecule has 6 nitrogen and oxygen atoms in total. The molecular weight excluding hydrogens is 348 g/mol. The maximum absolute atomic E-state index is 12.9. The molecule has 0 bridgehead atoms. The summed E-state index contributed by atoms with van der Waals surface area (Å²) in [4.78, 5) is 24.9. The van der Waals surface area contributed by atoms with Gasteiger partial charge in [0.25, 0.3) is 14.0 Å². The molecule has 1 aromatic carbocycles. The Labute approximate surface area is 157 Å². The summed E-state index contributed by atoms with van der Waals surface area (Å²) in [6, 6.07) is 6.08. The van der Waals surface area contributed by atoms with Gasteiger partial charge in [-0.05, 0) is 36.7 Å². The Bertz CT molecular complexity index is 609. The van der Waals surface area contributed by atoms with Crippen molar-refractivity contribution in [2.24, 2.45) is 0 Å². The molecule has 0 fully saturated rings. The largest absolute Gasteiger partial charge is 0.503 e. The molecule has 1 rings (SSSR count). The number of benzene rings is 1. The van der Waals surface area contributed by atoms with Gasteiger partial charge in [0, 0.05) is 24.4 Å². The SMILES string of the molecule is CCCCCCN(C(=O)O[Si](C)(C)C(C)(C)C)c1ccc([N+](=O)[O-])cc1. The molecule has 0 N–H and O–H groups in total. The summed E-state index contributed by atoms with van der Waals surface area (Å²) in [5.74, 6) is 0. The van der Waals surface area contributed by atoms with E-state index in [4.69, 9.17) is 4.43 Å². The zero-order chi connectivity index (χ0) is 20.0. The van der Waals surface area contributed by atoms with Gasteiger partial charge in [-0.15, -0.1) is 0 Å². The highest BCUT2D eigenvalue weighted by molar-refractivity contribution is 6.75. The van der Waals surface area contributed by atoms with Gasteiger partial charge in [0.15, 0.2) is 0 Å². The van der Waals surface area contributed by atoms with E-state index in [-0.39, 0.29) is 16.8 Å². The summed E-state index contributed by atoms with van der Waals surface area (Å²) in [6.45, 7) is 13.0. The van der Waals surface area contributed by atoms with E-state index in [0.717, 1.165) is 25.7 Å². The molecule has 0 aliphatic rings. The van der Waals surface area contributed by atoms with Crippen molar-refractivity contribution in [2.45, 2.75) is 71.5 Å². The third kappa shape index (κ3) is 6.12. The van der Waals surface area contributed by atoms with Crippen LogP contribution in [0, 0.1) is 10.1 Å². The van der Waals surface area contributed by atoms with Crippen LogP contribution in [-0.4, -0.2) is 25.9 Å². The van der Waals surface area contributed by atoms with Gasteiger partial charge < -0.3 is 4.43 Å². The molecule has 0 unspecified atom stereocenters. The highest BCUT2D eigenvalue weighted by Gasteiger charge is 2.41. The molecule has 0 atom stereocenters. The number of carbonyl (C=O) groups is 1. The van der Waals surface area contributed by atoms with Gasteiger partial charge in [-0.3, -0.25) is 15.0 Å². The summed E-state index contributed by atoms with van der Waals surface area (Å²) in [5, 5.41) is 10.8. The summed E-state index contributed by atoms with van der Waals surface area (Å²) in [5.41, 5.74) is 0.647. The zero-order valence-electron chi connectivity index (χ0n) is 16.9. The van der Waals surface area contributed by atoms with Gasteiger partial charge in [0.2, 0.25) is 0 Å². The fourth-order valence-electron chi connectivity index (χ4n) is 2.20. The molecule has 26 heavy (non-hydrogen) atoms. The van der Waals surface area contributed by atoms with E-state index in [1.54, 1.807) is 17.0 Å². The van der Waals surface area contributed by atoms with Crippen molar-refractivity contribution < 1.29 is 14.1 Å². The first-order valence-electron chi connectivity index (χ1n) is 9.24. The molecule has 0 saturated carbocycles. The second kappa shape index (κ2) is 9.16. The molecule has 146 valence electrons. The minimum Gasteiger partial charge on any atom is -0.503 e. The Morgan fingerprint density at radius 1 is 1.15 bits per heavy atom. The molecule has 0 spiro atoms. The van der Waals surface area contributed by atoms with E-state index in [9.17, 15) is 14.9 Å². The van der Waals surface area contributed by atoms with Gasteiger partial charge in [0.1, 0.15) is 0 Å². The Kier molecular flexibility index (Phi) is 7.81. The number of non-ortho nitro benzene ring substituents is 1. The molecular formula is C19H32N2O4Si. The number of amides is 1. The molecule has 0 aliphatic heterocycles. The topological polar surface area (TPSA) is 72.7 Å². The first-order chi connectivity index (χ1) is 12.0. The average molecular weight is 381 g/mol. The van der Waals surface area contributed by atoms with Crippen molar-refractivity contribution in [3.8, 4) is 0 Å². The molecule has 0 heterocycles. The van der Waals surface area contributed by atoms with Gasteiger partial charge >= 0.3 is 6.09 Å². The quantitative estimate of drug-likeness (QED) is 0.235. The van der Waals surface area contributed by atoms with Crippen LogP contribution >= 0.6 is 0 Å². The number of carbonyl (C=O) groups excluding carboxylic acids is 1. The molecule has 7 heteroatoms. The molecule has 0 aromatic heterocycles. The lowest BCUT2D eigenvalue weighted by molar-refractivity contribution is -0.384. The van der Waals surface area contributed by atoms with Crippen LogP contribution in [0.4, 0.5) is 16.2 Å². The molecule has 1 amide bonds. The van der Waals surface area contributed by atoms with Crippen molar-refractivity contribution in [1.29, 1.82) is 0 Å². The van der Waals surface area contributed by atoms with Crippen LogP contribution in [0.2, 0.25) is 18.1 Å². The van der Waals surface area contributed by atoms with Gasteiger partial charge in [-0.1, -0.05) is 47.0 Å². The first kappa shape index (κ1) is 22.1. The number of nitro benzene ring substituents is 1. The molecule has 0 radical (unpaired) electrons. The van der Waals surface area contributed by atoms with Crippen molar-refractivity contribution in [1.82, 2.24) is 0 Å². The van der Waals surface area contributed by atoms with Crippen LogP contribution in [0.1, 0.15) is 53.4 Å². The maximum Gasteiger partial charge on any atom is 0.400 e. The van der Waals surface area contributed by atoms with Crippen LogP contribution in [0.5, 0.6) is 0 Å². The molecule has 0 aliphatic carbocycles. The smallest absolute Gasteiger partial charge is 0.400 e. The van der Waals surface area contributed by atoms with E-state index in [1.807, 2.05) is 13.1 Å². The van der Waals surface area contributed by atoms with Crippen LogP contribution < -0.4 is 4.90 Å². The second-order valence-corrected chi connectivity index (χ2v) is 12.8. The lowest BCUT2D eigenvalue weighted by Gasteiger charge is -2.37. The van der Waals surface area contributed by atoms with Crippen LogP contribution in [0.3, 0.4) is 0 Å². The Morgan fingerprint density at radius 3 is 2.19 bits per heavy atom.